The quantitative estimate of drug-likeness (QED) is 0.565. The molecule has 32 heavy (non-hydrogen) atoms. The predicted molar refractivity (Wildman–Crippen MR) is 120 cm³/mol. The number of benzene rings is 2. The number of hydrogen-bond donors (Lipinski definition) is 3. The largest absolute Gasteiger partial charge is 0.329 e. The number of fused-ring (bicyclic) bond motifs is 1. The van der Waals surface area contributed by atoms with Crippen molar-refractivity contribution in [3.8, 4) is 11.4 Å². The second-order valence-electron chi connectivity index (χ2n) is 7.82. The Morgan fingerprint density at radius 2 is 1.94 bits per heavy atom. The summed E-state index contributed by atoms with van der Waals surface area (Å²) >= 11 is 0. The molecule has 0 radical (unpaired) electrons. The predicted octanol–water partition coefficient (Wildman–Crippen LogP) is 3.88. The SMILES string of the molecule is Cc1cccc(NC(=O)NCC(=O)Nc2cc(-c3nnc4n3CCCCC4)ccc2F)c1. The van der Waals surface area contributed by atoms with E-state index < -0.39 is 17.8 Å². The lowest BCUT2D eigenvalue weighted by molar-refractivity contribution is -0.115. The Balaban J connectivity index is 1.39. The maximum Gasteiger partial charge on any atom is 0.319 e. The fourth-order valence-corrected chi connectivity index (χ4v) is 3.71. The van der Waals surface area contributed by atoms with Crippen molar-refractivity contribution in [3.05, 3.63) is 59.7 Å². The Bertz CT molecular complexity index is 1140. The maximum atomic E-state index is 14.3. The van der Waals surface area contributed by atoms with Gasteiger partial charge in [0, 0.05) is 24.2 Å². The van der Waals surface area contributed by atoms with E-state index in [4.69, 9.17) is 0 Å². The Hall–Kier alpha value is -3.75. The molecule has 4 rings (SSSR count). The van der Waals surface area contributed by atoms with Crippen molar-refractivity contribution in [2.24, 2.45) is 0 Å². The van der Waals surface area contributed by atoms with Crippen LogP contribution in [0.1, 0.15) is 30.7 Å². The normalized spacial score (nSPS) is 13.1. The second-order valence-corrected chi connectivity index (χ2v) is 7.82. The van der Waals surface area contributed by atoms with Crippen molar-refractivity contribution < 1.29 is 14.0 Å². The maximum absolute atomic E-state index is 14.3. The van der Waals surface area contributed by atoms with Crippen molar-refractivity contribution in [3.63, 3.8) is 0 Å². The summed E-state index contributed by atoms with van der Waals surface area (Å²) in [4.78, 5) is 24.3. The van der Waals surface area contributed by atoms with Crippen LogP contribution in [-0.2, 0) is 17.8 Å². The van der Waals surface area contributed by atoms with Crippen LogP contribution in [0.15, 0.2) is 42.5 Å². The fourth-order valence-electron chi connectivity index (χ4n) is 3.71. The number of hydrogen-bond acceptors (Lipinski definition) is 4. The van der Waals surface area contributed by atoms with Gasteiger partial charge in [-0.15, -0.1) is 10.2 Å². The zero-order valence-corrected chi connectivity index (χ0v) is 17.8. The number of halogens is 1. The molecule has 0 aliphatic carbocycles. The number of amides is 3. The van der Waals surface area contributed by atoms with Gasteiger partial charge in [0.2, 0.25) is 5.91 Å². The van der Waals surface area contributed by atoms with Crippen LogP contribution >= 0.6 is 0 Å². The van der Waals surface area contributed by atoms with Crippen LogP contribution < -0.4 is 16.0 Å². The molecule has 0 saturated heterocycles. The number of urea groups is 1. The first-order valence-corrected chi connectivity index (χ1v) is 10.6. The number of anilines is 2. The Kier molecular flexibility index (Phi) is 6.44. The van der Waals surface area contributed by atoms with E-state index in [1.807, 2.05) is 25.1 Å². The third-order valence-corrected chi connectivity index (χ3v) is 5.29. The average molecular weight is 436 g/mol. The van der Waals surface area contributed by atoms with Crippen molar-refractivity contribution in [2.45, 2.75) is 39.2 Å². The Labute approximate surface area is 185 Å². The number of rotatable bonds is 5. The molecule has 3 N–H and O–H groups in total. The molecule has 0 saturated carbocycles. The van der Waals surface area contributed by atoms with Gasteiger partial charge in [-0.1, -0.05) is 18.6 Å². The topological polar surface area (TPSA) is 101 Å². The van der Waals surface area contributed by atoms with Crippen LogP contribution in [-0.4, -0.2) is 33.2 Å². The molecule has 0 spiro atoms. The first-order valence-electron chi connectivity index (χ1n) is 10.6. The van der Waals surface area contributed by atoms with Gasteiger partial charge in [0.15, 0.2) is 5.82 Å². The number of nitrogens with one attached hydrogen (secondary N) is 3. The molecule has 0 atom stereocenters. The van der Waals surface area contributed by atoms with Crippen LogP contribution in [0.25, 0.3) is 11.4 Å². The summed E-state index contributed by atoms with van der Waals surface area (Å²) in [5, 5.41) is 16.2. The third kappa shape index (κ3) is 5.11. The molecule has 1 aromatic heterocycles. The molecule has 0 bridgehead atoms. The minimum absolute atomic E-state index is 0.0272. The first kappa shape index (κ1) is 21.5. The van der Waals surface area contributed by atoms with Gasteiger partial charge in [-0.2, -0.15) is 0 Å². The van der Waals surface area contributed by atoms with Gasteiger partial charge in [0.25, 0.3) is 0 Å². The van der Waals surface area contributed by atoms with Gasteiger partial charge in [0.05, 0.1) is 12.2 Å². The molecule has 3 amide bonds. The number of aryl methyl sites for hydroxylation is 2. The molecule has 9 heteroatoms. The van der Waals surface area contributed by atoms with Crippen LogP contribution in [0.5, 0.6) is 0 Å². The number of nitrogens with zero attached hydrogens (tertiary/aromatic N) is 3. The van der Waals surface area contributed by atoms with Crippen molar-refractivity contribution in [1.82, 2.24) is 20.1 Å². The van der Waals surface area contributed by atoms with Gasteiger partial charge >= 0.3 is 6.03 Å². The van der Waals surface area contributed by atoms with E-state index in [9.17, 15) is 14.0 Å². The summed E-state index contributed by atoms with van der Waals surface area (Å²) < 4.78 is 16.4. The highest BCUT2D eigenvalue weighted by Gasteiger charge is 2.18. The molecular weight excluding hydrogens is 411 g/mol. The zero-order valence-electron chi connectivity index (χ0n) is 17.8. The summed E-state index contributed by atoms with van der Waals surface area (Å²) in [6, 6.07) is 11.2. The highest BCUT2D eigenvalue weighted by Crippen LogP contribution is 2.26. The van der Waals surface area contributed by atoms with Gasteiger partial charge in [-0.25, -0.2) is 9.18 Å². The van der Waals surface area contributed by atoms with E-state index in [0.717, 1.165) is 43.6 Å². The average Bonchev–Trinajstić information content (AvgIpc) is 3.02. The highest BCUT2D eigenvalue weighted by atomic mass is 19.1. The van der Waals surface area contributed by atoms with Gasteiger partial charge in [0.1, 0.15) is 11.6 Å². The lowest BCUT2D eigenvalue weighted by atomic mass is 10.1. The van der Waals surface area contributed by atoms with Crippen LogP contribution in [0, 0.1) is 12.7 Å². The van der Waals surface area contributed by atoms with E-state index in [-0.39, 0.29) is 12.2 Å². The molecule has 2 aromatic carbocycles. The van der Waals surface area contributed by atoms with E-state index in [1.54, 1.807) is 18.2 Å². The summed E-state index contributed by atoms with van der Waals surface area (Å²) in [5.41, 5.74) is 2.32. The van der Waals surface area contributed by atoms with E-state index >= 15 is 0 Å². The molecular formula is C23H25FN6O2. The number of carbonyl (C=O) groups excluding carboxylic acids is 2. The monoisotopic (exact) mass is 436 g/mol. The van der Waals surface area contributed by atoms with E-state index in [2.05, 4.69) is 30.7 Å². The third-order valence-electron chi connectivity index (χ3n) is 5.29. The minimum Gasteiger partial charge on any atom is -0.329 e. The summed E-state index contributed by atoms with van der Waals surface area (Å²) in [6.45, 7) is 2.43. The molecule has 166 valence electrons. The van der Waals surface area contributed by atoms with Crippen LogP contribution in [0.4, 0.5) is 20.6 Å². The summed E-state index contributed by atoms with van der Waals surface area (Å²) in [5.74, 6) is 0.478. The molecule has 1 aliphatic heterocycles. The van der Waals surface area contributed by atoms with E-state index in [1.165, 1.54) is 6.07 Å². The van der Waals surface area contributed by atoms with Gasteiger partial charge < -0.3 is 20.5 Å². The van der Waals surface area contributed by atoms with E-state index in [0.29, 0.717) is 17.1 Å². The van der Waals surface area contributed by atoms with Gasteiger partial charge in [-0.3, -0.25) is 4.79 Å². The van der Waals surface area contributed by atoms with Crippen molar-refractivity contribution in [2.75, 3.05) is 17.2 Å². The molecule has 8 nitrogen and oxygen atoms in total. The molecule has 2 heterocycles. The van der Waals surface area contributed by atoms with Gasteiger partial charge in [-0.05, 0) is 55.7 Å². The zero-order chi connectivity index (χ0) is 22.5. The molecule has 1 aliphatic rings. The summed E-state index contributed by atoms with van der Waals surface area (Å²) in [6.07, 6.45) is 4.12. The standard InChI is InChI=1S/C23H25FN6O2/c1-15-6-5-7-17(12-15)26-23(32)25-14-21(31)27-19-13-16(9-10-18(19)24)22-29-28-20-8-3-2-4-11-30(20)22/h5-7,9-10,12-13H,2-4,8,11,14H2,1H3,(H,27,31)(H2,25,26,32). The molecule has 0 unspecified atom stereocenters. The lowest BCUT2D eigenvalue weighted by Gasteiger charge is -2.11. The first-order chi connectivity index (χ1) is 15.5. The highest BCUT2D eigenvalue weighted by molar-refractivity contribution is 5.97. The van der Waals surface area contributed by atoms with Crippen molar-refractivity contribution in [1.29, 1.82) is 0 Å². The Morgan fingerprint density at radius 1 is 1.06 bits per heavy atom. The lowest BCUT2D eigenvalue weighted by Crippen LogP contribution is -2.35. The van der Waals surface area contributed by atoms with Crippen LogP contribution in [0.3, 0.4) is 0 Å². The molecule has 3 aromatic rings. The second kappa shape index (κ2) is 9.59. The van der Waals surface area contributed by atoms with Crippen LogP contribution in [0.2, 0.25) is 0 Å². The molecule has 0 fully saturated rings. The number of carbonyl (C=O) groups is 2. The minimum atomic E-state index is -0.568. The smallest absolute Gasteiger partial charge is 0.319 e. The Morgan fingerprint density at radius 3 is 2.78 bits per heavy atom. The number of aromatic nitrogens is 3. The van der Waals surface area contributed by atoms with Crippen molar-refractivity contribution >= 4 is 23.3 Å². The fraction of sp³-hybridized carbons (Fsp3) is 0.304. The summed E-state index contributed by atoms with van der Waals surface area (Å²) in [7, 11) is 0.